The van der Waals surface area contributed by atoms with E-state index in [0.717, 1.165) is 5.56 Å². The topological polar surface area (TPSA) is 71.5 Å². The molecule has 1 heterocycles. The van der Waals surface area contributed by atoms with Crippen molar-refractivity contribution in [2.24, 2.45) is 0 Å². The third-order valence-corrected chi connectivity index (χ3v) is 4.05. The quantitative estimate of drug-likeness (QED) is 0.816. The van der Waals surface area contributed by atoms with Crippen molar-refractivity contribution in [1.29, 1.82) is 0 Å². The van der Waals surface area contributed by atoms with Crippen molar-refractivity contribution in [3.05, 3.63) is 23.8 Å². The Morgan fingerprint density at radius 3 is 2.62 bits per heavy atom. The molecule has 2 atom stereocenters. The number of nitrogens with zero attached hydrogens (tertiary/aromatic N) is 2. The highest BCUT2D eigenvalue weighted by molar-refractivity contribution is 5.79. The van der Waals surface area contributed by atoms with Gasteiger partial charge >= 0.3 is 0 Å². The average Bonchev–Trinajstić information content (AvgIpc) is 2.59. The summed E-state index contributed by atoms with van der Waals surface area (Å²) in [6, 6.07) is 5.14. The molecular weight excluding hydrogens is 312 g/mol. The lowest BCUT2D eigenvalue weighted by molar-refractivity contribution is -0.150. The van der Waals surface area contributed by atoms with Crippen LogP contribution in [0.15, 0.2) is 18.2 Å². The van der Waals surface area contributed by atoms with Crippen LogP contribution >= 0.6 is 0 Å². The number of hydrogen-bond acceptors (Lipinski definition) is 6. The molecule has 0 radical (unpaired) electrons. The molecule has 7 nitrogen and oxygen atoms in total. The van der Waals surface area contributed by atoms with Crippen molar-refractivity contribution in [1.82, 2.24) is 9.80 Å². The number of carbonyl (C=O) groups is 1. The van der Waals surface area contributed by atoms with Gasteiger partial charge < -0.3 is 29.1 Å². The lowest BCUT2D eigenvalue weighted by atomic mass is 9.97. The molecule has 0 aromatic heterocycles. The molecule has 0 bridgehead atoms. The summed E-state index contributed by atoms with van der Waals surface area (Å²) in [5, 5.41) is 9.70. The van der Waals surface area contributed by atoms with Crippen LogP contribution in [-0.2, 0) is 9.53 Å². The van der Waals surface area contributed by atoms with Crippen LogP contribution in [-0.4, -0.2) is 81.5 Å². The highest BCUT2D eigenvalue weighted by atomic mass is 16.5. The van der Waals surface area contributed by atoms with Crippen molar-refractivity contribution in [3.8, 4) is 11.5 Å². The average molecular weight is 338 g/mol. The first-order valence-electron chi connectivity index (χ1n) is 7.90. The minimum absolute atomic E-state index is 0.00142. The second-order valence-corrected chi connectivity index (χ2v) is 5.98. The molecule has 1 aromatic carbocycles. The molecule has 0 aliphatic carbocycles. The summed E-state index contributed by atoms with van der Waals surface area (Å²) in [4.78, 5) is 16.2. The maximum atomic E-state index is 12.6. The molecule has 0 spiro atoms. The fraction of sp³-hybridized carbons (Fsp3) is 0.588. The maximum Gasteiger partial charge on any atom is 0.237 e. The molecule has 24 heavy (non-hydrogen) atoms. The predicted molar refractivity (Wildman–Crippen MR) is 89.4 cm³/mol. The van der Waals surface area contributed by atoms with Gasteiger partial charge in [-0.1, -0.05) is 6.07 Å². The van der Waals surface area contributed by atoms with E-state index in [4.69, 9.17) is 14.2 Å². The molecule has 1 aliphatic rings. The standard InChI is InChI=1S/C17H26N2O5/c1-18(2)10-16(21)19-7-8-24-15(11-20)17(19)12-5-6-13(22-3)14(9-12)23-4/h5-6,9,15,17,20H,7-8,10-11H2,1-4H3/t15-,17-/m1/s1. The van der Waals surface area contributed by atoms with Crippen LogP contribution in [0, 0.1) is 0 Å². The Morgan fingerprint density at radius 2 is 2.04 bits per heavy atom. The molecular formula is C17H26N2O5. The second-order valence-electron chi connectivity index (χ2n) is 5.98. The zero-order valence-electron chi connectivity index (χ0n) is 14.7. The van der Waals surface area contributed by atoms with Gasteiger partial charge in [0, 0.05) is 6.54 Å². The van der Waals surface area contributed by atoms with Crippen LogP contribution in [0.3, 0.4) is 0 Å². The Bertz CT molecular complexity index is 564. The molecule has 1 N–H and O–H groups in total. The number of amides is 1. The van der Waals surface area contributed by atoms with Gasteiger partial charge in [-0.2, -0.15) is 0 Å². The van der Waals surface area contributed by atoms with Crippen LogP contribution in [0.1, 0.15) is 11.6 Å². The van der Waals surface area contributed by atoms with E-state index < -0.39 is 6.10 Å². The van der Waals surface area contributed by atoms with E-state index in [9.17, 15) is 9.90 Å². The van der Waals surface area contributed by atoms with Crippen LogP contribution in [0.2, 0.25) is 0 Å². The lowest BCUT2D eigenvalue weighted by Crippen LogP contribution is -2.51. The van der Waals surface area contributed by atoms with E-state index >= 15 is 0 Å². The van der Waals surface area contributed by atoms with Crippen LogP contribution in [0.5, 0.6) is 11.5 Å². The Labute approximate surface area is 142 Å². The highest BCUT2D eigenvalue weighted by Gasteiger charge is 2.36. The number of aliphatic hydroxyl groups is 1. The van der Waals surface area contributed by atoms with E-state index in [1.807, 2.05) is 31.1 Å². The number of ether oxygens (including phenoxy) is 3. The van der Waals surface area contributed by atoms with Gasteiger partial charge in [0.2, 0.25) is 5.91 Å². The van der Waals surface area contributed by atoms with E-state index in [2.05, 4.69) is 0 Å². The number of likely N-dealkylation sites (N-methyl/N-ethyl adjacent to an activating group) is 1. The van der Waals surface area contributed by atoms with Gasteiger partial charge in [0.15, 0.2) is 11.5 Å². The smallest absolute Gasteiger partial charge is 0.237 e. The minimum Gasteiger partial charge on any atom is -0.493 e. The second kappa shape index (κ2) is 8.32. The van der Waals surface area contributed by atoms with Gasteiger partial charge in [0.1, 0.15) is 6.10 Å². The Hall–Kier alpha value is -1.83. The van der Waals surface area contributed by atoms with Gasteiger partial charge in [-0.15, -0.1) is 0 Å². The molecule has 0 unspecified atom stereocenters. The number of aliphatic hydroxyl groups excluding tert-OH is 1. The fourth-order valence-electron chi connectivity index (χ4n) is 2.96. The van der Waals surface area contributed by atoms with Crippen molar-refractivity contribution in [2.75, 3.05) is 54.6 Å². The molecule has 134 valence electrons. The lowest BCUT2D eigenvalue weighted by Gasteiger charge is -2.41. The molecule has 2 rings (SSSR count). The first-order chi connectivity index (χ1) is 11.5. The molecule has 1 amide bonds. The summed E-state index contributed by atoms with van der Waals surface area (Å²) in [6.07, 6.45) is -0.469. The van der Waals surface area contributed by atoms with Crippen LogP contribution in [0.25, 0.3) is 0 Å². The number of carbonyl (C=O) groups excluding carboxylic acids is 1. The van der Waals surface area contributed by atoms with Gasteiger partial charge in [-0.3, -0.25) is 4.79 Å². The molecule has 1 aromatic rings. The molecule has 1 fully saturated rings. The van der Waals surface area contributed by atoms with Gasteiger partial charge in [-0.05, 0) is 31.8 Å². The first-order valence-corrected chi connectivity index (χ1v) is 7.90. The Kier molecular flexibility index (Phi) is 6.42. The summed E-state index contributed by atoms with van der Waals surface area (Å²) in [7, 11) is 6.85. The van der Waals surface area contributed by atoms with Crippen LogP contribution in [0.4, 0.5) is 0 Å². The van der Waals surface area contributed by atoms with Crippen molar-refractivity contribution in [3.63, 3.8) is 0 Å². The largest absolute Gasteiger partial charge is 0.493 e. The van der Waals surface area contributed by atoms with E-state index in [-0.39, 0.29) is 18.6 Å². The summed E-state index contributed by atoms with van der Waals surface area (Å²) < 4.78 is 16.3. The van der Waals surface area contributed by atoms with E-state index in [1.54, 1.807) is 25.2 Å². The van der Waals surface area contributed by atoms with Gasteiger partial charge in [-0.25, -0.2) is 0 Å². The van der Waals surface area contributed by atoms with Gasteiger partial charge in [0.25, 0.3) is 0 Å². The zero-order chi connectivity index (χ0) is 17.7. The van der Waals surface area contributed by atoms with Gasteiger partial charge in [0.05, 0.1) is 40.0 Å². The molecule has 1 aliphatic heterocycles. The third kappa shape index (κ3) is 3.98. The van der Waals surface area contributed by atoms with Crippen LogP contribution < -0.4 is 9.47 Å². The summed E-state index contributed by atoms with van der Waals surface area (Å²) in [6.45, 7) is 1.04. The first kappa shape index (κ1) is 18.5. The third-order valence-electron chi connectivity index (χ3n) is 4.05. The Morgan fingerprint density at radius 1 is 1.33 bits per heavy atom. The monoisotopic (exact) mass is 338 g/mol. The summed E-state index contributed by atoms with van der Waals surface area (Å²) >= 11 is 0. The fourth-order valence-corrected chi connectivity index (χ4v) is 2.96. The van der Waals surface area contributed by atoms with E-state index in [1.165, 1.54) is 0 Å². The highest BCUT2D eigenvalue weighted by Crippen LogP contribution is 2.35. The normalized spacial score (nSPS) is 21.0. The predicted octanol–water partition coefficient (Wildman–Crippen LogP) is 0.526. The van der Waals surface area contributed by atoms with E-state index in [0.29, 0.717) is 31.2 Å². The number of hydrogen-bond donors (Lipinski definition) is 1. The summed E-state index contributed by atoms with van der Waals surface area (Å²) in [5.74, 6) is 1.20. The van der Waals surface area contributed by atoms with Crippen molar-refractivity contribution in [2.45, 2.75) is 12.1 Å². The van der Waals surface area contributed by atoms with Crippen molar-refractivity contribution < 1.29 is 24.1 Å². The molecule has 1 saturated heterocycles. The number of morpholine rings is 1. The number of benzene rings is 1. The molecule has 0 saturated carbocycles. The number of rotatable bonds is 6. The number of methoxy groups -OCH3 is 2. The minimum atomic E-state index is -0.469. The Balaban J connectivity index is 2.37. The summed E-state index contributed by atoms with van der Waals surface area (Å²) in [5.41, 5.74) is 0.846. The maximum absolute atomic E-state index is 12.6. The van der Waals surface area contributed by atoms with Crippen molar-refractivity contribution >= 4 is 5.91 Å². The molecule has 7 heteroatoms. The zero-order valence-corrected chi connectivity index (χ0v) is 14.7. The SMILES string of the molecule is COc1ccc([C@@H]2[C@@H](CO)OCCN2C(=O)CN(C)C)cc1OC.